The van der Waals surface area contributed by atoms with E-state index in [0.717, 1.165) is 38.4 Å². The van der Waals surface area contributed by atoms with E-state index in [4.69, 9.17) is 4.74 Å². The van der Waals surface area contributed by atoms with E-state index >= 15 is 0 Å². The average molecular weight is 504 g/mol. The Morgan fingerprint density at radius 1 is 1.23 bits per heavy atom. The van der Waals surface area contributed by atoms with Crippen molar-refractivity contribution < 1.29 is 13.2 Å². The van der Waals surface area contributed by atoms with Gasteiger partial charge in [-0.15, -0.1) is 24.0 Å². The predicted octanol–water partition coefficient (Wildman–Crippen LogP) is 2.08. The fraction of sp³-hybridized carbons (Fsp3) is 0.941. The summed E-state index contributed by atoms with van der Waals surface area (Å²) in [4.78, 5) is 4.58. The Kier molecular flexibility index (Phi) is 12.3. The summed E-state index contributed by atoms with van der Waals surface area (Å²) in [5.41, 5.74) is 0.157. The lowest BCUT2D eigenvalue weighted by molar-refractivity contribution is -0.133. The maximum absolute atomic E-state index is 11.1. The van der Waals surface area contributed by atoms with Crippen LogP contribution >= 0.6 is 24.0 Å². The van der Waals surface area contributed by atoms with E-state index in [1.165, 1.54) is 6.26 Å². The number of aliphatic imine (C=N–C) groups is 1. The van der Waals surface area contributed by atoms with Crippen molar-refractivity contribution in [1.29, 1.82) is 0 Å². The Balaban J connectivity index is 0.00000625. The van der Waals surface area contributed by atoms with E-state index in [9.17, 15) is 8.42 Å². The third-order valence-corrected chi connectivity index (χ3v) is 5.82. The first-order valence-electron chi connectivity index (χ1n) is 9.44. The summed E-state index contributed by atoms with van der Waals surface area (Å²) in [6, 6.07) is 0.353. The first-order chi connectivity index (χ1) is 11.8. The van der Waals surface area contributed by atoms with Crippen LogP contribution in [0, 0.1) is 5.41 Å². The van der Waals surface area contributed by atoms with Crippen LogP contribution in [0.15, 0.2) is 4.99 Å². The quantitative estimate of drug-likeness (QED) is 0.174. The summed E-state index contributed by atoms with van der Waals surface area (Å²) < 4.78 is 30.5. The van der Waals surface area contributed by atoms with Crippen LogP contribution in [-0.4, -0.2) is 59.0 Å². The molecule has 1 aliphatic rings. The number of guanidine groups is 1. The van der Waals surface area contributed by atoms with Crippen molar-refractivity contribution in [2.24, 2.45) is 10.4 Å². The molecule has 1 fully saturated rings. The monoisotopic (exact) mass is 504 g/mol. The van der Waals surface area contributed by atoms with Crippen LogP contribution in [0.5, 0.6) is 0 Å². The molecule has 0 amide bonds. The van der Waals surface area contributed by atoms with Crippen LogP contribution in [0.4, 0.5) is 0 Å². The van der Waals surface area contributed by atoms with Gasteiger partial charge in [0.25, 0.3) is 0 Å². The van der Waals surface area contributed by atoms with Crippen LogP contribution in [0.25, 0.3) is 0 Å². The molecular weight excluding hydrogens is 467 g/mol. The van der Waals surface area contributed by atoms with Gasteiger partial charge in [0.2, 0.25) is 10.0 Å². The van der Waals surface area contributed by atoms with Gasteiger partial charge in [0.1, 0.15) is 0 Å². The van der Waals surface area contributed by atoms with E-state index in [1.54, 1.807) is 0 Å². The number of ether oxygens (including phenoxy) is 1. The number of halogens is 1. The zero-order valence-corrected chi connectivity index (χ0v) is 19.9. The largest absolute Gasteiger partial charge is 0.378 e. The standard InChI is InChI=1S/C17H36N4O3S.HI/c1-6-17(7-2)14(13-15(17)24-9-4)21-16(18-8-3)19-11-10-12-20-25(5,22)23;/h14-15,20H,6-13H2,1-5H3,(H2,18,19,21);1H. The van der Waals surface area contributed by atoms with Crippen molar-refractivity contribution in [2.75, 3.05) is 32.5 Å². The maximum Gasteiger partial charge on any atom is 0.208 e. The van der Waals surface area contributed by atoms with E-state index < -0.39 is 10.0 Å². The van der Waals surface area contributed by atoms with Crippen LogP contribution < -0.4 is 15.4 Å². The number of hydrogen-bond donors (Lipinski definition) is 3. The van der Waals surface area contributed by atoms with Gasteiger partial charge in [0.05, 0.1) is 12.4 Å². The van der Waals surface area contributed by atoms with Gasteiger partial charge in [-0.1, -0.05) is 13.8 Å². The highest BCUT2D eigenvalue weighted by molar-refractivity contribution is 14.0. The molecule has 0 aliphatic heterocycles. The molecule has 26 heavy (non-hydrogen) atoms. The minimum Gasteiger partial charge on any atom is -0.378 e. The Morgan fingerprint density at radius 2 is 1.88 bits per heavy atom. The van der Waals surface area contributed by atoms with Gasteiger partial charge in [0.15, 0.2) is 5.96 Å². The Hall–Kier alpha value is -0.130. The molecular formula is C17H37IN4O3S. The summed E-state index contributed by atoms with van der Waals surface area (Å²) >= 11 is 0. The van der Waals surface area contributed by atoms with E-state index in [1.807, 2.05) is 13.8 Å². The van der Waals surface area contributed by atoms with Crippen LogP contribution in [0.3, 0.4) is 0 Å². The number of nitrogens with zero attached hydrogens (tertiary/aromatic N) is 1. The van der Waals surface area contributed by atoms with Gasteiger partial charge in [-0.25, -0.2) is 13.1 Å². The van der Waals surface area contributed by atoms with E-state index in [2.05, 4.69) is 34.2 Å². The molecule has 1 rings (SSSR count). The molecule has 1 saturated carbocycles. The van der Waals surface area contributed by atoms with Crippen molar-refractivity contribution in [1.82, 2.24) is 15.4 Å². The first kappa shape index (κ1) is 25.9. The molecule has 7 nitrogen and oxygen atoms in total. The van der Waals surface area contributed by atoms with Crippen LogP contribution in [-0.2, 0) is 14.8 Å². The Morgan fingerprint density at radius 3 is 2.38 bits per heavy atom. The third kappa shape index (κ3) is 7.47. The molecule has 2 atom stereocenters. The third-order valence-electron chi connectivity index (χ3n) is 5.09. The van der Waals surface area contributed by atoms with Gasteiger partial charge in [-0.2, -0.15) is 0 Å². The maximum atomic E-state index is 11.1. The lowest BCUT2D eigenvalue weighted by Crippen LogP contribution is -2.65. The Bertz CT molecular complexity index is 524. The first-order valence-corrected chi connectivity index (χ1v) is 11.3. The van der Waals surface area contributed by atoms with E-state index in [0.29, 0.717) is 31.7 Å². The fourth-order valence-electron chi connectivity index (χ4n) is 3.60. The molecule has 0 aromatic rings. The molecule has 1 aliphatic carbocycles. The fourth-order valence-corrected chi connectivity index (χ4v) is 4.11. The smallest absolute Gasteiger partial charge is 0.208 e. The number of sulfonamides is 1. The highest BCUT2D eigenvalue weighted by atomic mass is 127. The molecule has 0 aromatic heterocycles. The summed E-state index contributed by atoms with van der Waals surface area (Å²) in [5.74, 6) is 0.799. The molecule has 3 N–H and O–H groups in total. The average Bonchev–Trinajstić information content (AvgIpc) is 2.53. The molecule has 0 heterocycles. The van der Waals surface area contributed by atoms with E-state index in [-0.39, 0.29) is 29.4 Å². The van der Waals surface area contributed by atoms with Crippen molar-refractivity contribution in [3.63, 3.8) is 0 Å². The zero-order valence-electron chi connectivity index (χ0n) is 16.8. The summed E-state index contributed by atoms with van der Waals surface area (Å²) in [6.45, 7) is 11.1. The normalized spacial score (nSPS) is 22.3. The van der Waals surface area contributed by atoms with Gasteiger partial charge < -0.3 is 15.4 Å². The lowest BCUT2D eigenvalue weighted by atomic mass is 9.58. The lowest BCUT2D eigenvalue weighted by Gasteiger charge is -2.55. The minimum atomic E-state index is -3.13. The molecule has 0 saturated heterocycles. The molecule has 0 spiro atoms. The molecule has 0 bridgehead atoms. The molecule has 156 valence electrons. The van der Waals surface area contributed by atoms with Crippen molar-refractivity contribution in [3.8, 4) is 0 Å². The van der Waals surface area contributed by atoms with Gasteiger partial charge in [-0.3, -0.25) is 4.99 Å². The minimum absolute atomic E-state index is 0. The van der Waals surface area contributed by atoms with Gasteiger partial charge in [-0.05, 0) is 39.5 Å². The summed E-state index contributed by atoms with van der Waals surface area (Å²) in [6.07, 6.45) is 5.29. The summed E-state index contributed by atoms with van der Waals surface area (Å²) in [7, 11) is -3.13. The second kappa shape index (κ2) is 12.4. The second-order valence-electron chi connectivity index (χ2n) is 6.60. The second-order valence-corrected chi connectivity index (χ2v) is 8.43. The SMILES string of the molecule is CCNC(=NCCCNS(C)(=O)=O)NC1CC(OCC)C1(CC)CC.I. The predicted molar refractivity (Wildman–Crippen MR) is 119 cm³/mol. The summed E-state index contributed by atoms with van der Waals surface area (Å²) in [5, 5.41) is 6.84. The molecule has 0 radical (unpaired) electrons. The van der Waals surface area contributed by atoms with Crippen LogP contribution in [0.2, 0.25) is 0 Å². The van der Waals surface area contributed by atoms with Crippen LogP contribution in [0.1, 0.15) is 53.4 Å². The highest BCUT2D eigenvalue weighted by Gasteiger charge is 2.53. The molecule has 2 unspecified atom stereocenters. The number of nitrogens with one attached hydrogen (secondary N) is 3. The van der Waals surface area contributed by atoms with Crippen molar-refractivity contribution in [2.45, 2.75) is 65.5 Å². The highest BCUT2D eigenvalue weighted by Crippen LogP contribution is 2.48. The number of hydrogen-bond acceptors (Lipinski definition) is 4. The topological polar surface area (TPSA) is 91.8 Å². The molecule has 0 aromatic carbocycles. The van der Waals surface area contributed by atoms with Gasteiger partial charge >= 0.3 is 0 Å². The van der Waals surface area contributed by atoms with Crippen molar-refractivity contribution in [3.05, 3.63) is 0 Å². The van der Waals surface area contributed by atoms with Gasteiger partial charge in [0, 0.05) is 37.7 Å². The number of rotatable bonds is 11. The Labute approximate surface area is 176 Å². The molecule has 9 heteroatoms. The zero-order chi connectivity index (χ0) is 18.9. The van der Waals surface area contributed by atoms with Crippen molar-refractivity contribution >= 4 is 40.0 Å².